The Hall–Kier alpha value is -1.07. The van der Waals surface area contributed by atoms with E-state index in [1.807, 2.05) is 18.2 Å². The second-order valence-electron chi connectivity index (χ2n) is 6.88. The molecule has 1 unspecified atom stereocenters. The van der Waals surface area contributed by atoms with Crippen molar-refractivity contribution in [2.75, 3.05) is 18.8 Å². The van der Waals surface area contributed by atoms with Gasteiger partial charge in [0.1, 0.15) is 5.01 Å². The third-order valence-corrected chi connectivity index (χ3v) is 7.01. The number of amides is 1. The molecule has 0 spiro atoms. The highest BCUT2D eigenvalue weighted by Crippen LogP contribution is 2.26. The van der Waals surface area contributed by atoms with Crippen molar-refractivity contribution >= 4 is 39.2 Å². The van der Waals surface area contributed by atoms with E-state index in [1.165, 1.54) is 11.1 Å². The van der Waals surface area contributed by atoms with Crippen molar-refractivity contribution in [3.63, 3.8) is 0 Å². The molecule has 0 radical (unpaired) electrons. The molecule has 1 aromatic carbocycles. The van der Waals surface area contributed by atoms with E-state index in [1.54, 1.807) is 23.1 Å². The molecular formula is C19H26N2OS2. The normalized spacial score (nSPS) is 19.0. The van der Waals surface area contributed by atoms with Crippen LogP contribution in [0.3, 0.4) is 0 Å². The van der Waals surface area contributed by atoms with Crippen LogP contribution in [0, 0.1) is 11.8 Å². The molecule has 2 aromatic rings. The average Bonchev–Trinajstić information content (AvgIpc) is 2.81. The lowest BCUT2D eigenvalue weighted by atomic mass is 9.89. The van der Waals surface area contributed by atoms with Crippen molar-refractivity contribution < 1.29 is 4.79 Å². The predicted octanol–water partition coefficient (Wildman–Crippen LogP) is 4.81. The molecule has 1 saturated heterocycles. The molecule has 0 bridgehead atoms. The van der Waals surface area contributed by atoms with Crippen LogP contribution in [0.15, 0.2) is 24.3 Å². The molecule has 0 aliphatic carbocycles. The van der Waals surface area contributed by atoms with Gasteiger partial charge >= 0.3 is 0 Å². The highest BCUT2D eigenvalue weighted by molar-refractivity contribution is 7.99. The molecule has 1 aliphatic heterocycles. The highest BCUT2D eigenvalue weighted by atomic mass is 32.2. The van der Waals surface area contributed by atoms with Gasteiger partial charge < -0.3 is 4.90 Å². The van der Waals surface area contributed by atoms with Crippen LogP contribution in [0.1, 0.15) is 38.1 Å². The Balaban J connectivity index is 1.46. The minimum absolute atomic E-state index is 0.297. The van der Waals surface area contributed by atoms with Crippen molar-refractivity contribution in [3.8, 4) is 0 Å². The maximum Gasteiger partial charge on any atom is 0.232 e. The second-order valence-corrected chi connectivity index (χ2v) is 8.98. The van der Waals surface area contributed by atoms with E-state index in [2.05, 4.69) is 29.8 Å². The van der Waals surface area contributed by atoms with Crippen molar-refractivity contribution in [1.82, 2.24) is 9.88 Å². The fraction of sp³-hybridized carbons (Fsp3) is 0.579. The summed E-state index contributed by atoms with van der Waals surface area (Å²) in [4.78, 5) is 19.2. The SMILES string of the molecule is CC(C)C1CCCN(C(=O)CSCc2nc3ccccc3s2)CC1. The summed E-state index contributed by atoms with van der Waals surface area (Å²) in [5.41, 5.74) is 1.07. The number of hydrogen-bond donors (Lipinski definition) is 0. The molecule has 3 rings (SSSR count). The largest absolute Gasteiger partial charge is 0.342 e. The zero-order chi connectivity index (χ0) is 16.9. The standard InChI is InChI=1S/C19H26N2OS2/c1-14(2)15-6-5-10-21(11-9-15)19(22)13-23-12-18-20-16-7-3-4-8-17(16)24-18/h3-4,7-8,14-15H,5-6,9-13H2,1-2H3. The maximum absolute atomic E-state index is 12.5. The van der Waals surface area contributed by atoms with Crippen molar-refractivity contribution in [1.29, 1.82) is 0 Å². The smallest absolute Gasteiger partial charge is 0.232 e. The van der Waals surface area contributed by atoms with Gasteiger partial charge in [0.05, 0.1) is 16.0 Å². The number of benzene rings is 1. The monoisotopic (exact) mass is 362 g/mol. The Kier molecular flexibility index (Phi) is 6.17. The summed E-state index contributed by atoms with van der Waals surface area (Å²) in [5, 5.41) is 1.12. The van der Waals surface area contributed by atoms with Crippen molar-refractivity contribution in [2.24, 2.45) is 11.8 Å². The van der Waals surface area contributed by atoms with Crippen LogP contribution in [0.5, 0.6) is 0 Å². The van der Waals surface area contributed by atoms with Gasteiger partial charge in [0.15, 0.2) is 0 Å². The first-order valence-electron chi connectivity index (χ1n) is 8.83. The number of fused-ring (bicyclic) bond motifs is 1. The van der Waals surface area contributed by atoms with Gasteiger partial charge in [-0.05, 0) is 43.2 Å². The molecule has 0 N–H and O–H groups in total. The van der Waals surface area contributed by atoms with Gasteiger partial charge in [0.25, 0.3) is 0 Å². The fourth-order valence-corrected chi connectivity index (χ4v) is 5.28. The van der Waals surface area contributed by atoms with Gasteiger partial charge in [-0.25, -0.2) is 4.98 Å². The van der Waals surface area contributed by atoms with E-state index in [-0.39, 0.29) is 0 Å². The number of nitrogens with zero attached hydrogens (tertiary/aromatic N) is 2. The lowest BCUT2D eigenvalue weighted by molar-refractivity contribution is -0.128. The number of hydrogen-bond acceptors (Lipinski definition) is 4. The minimum Gasteiger partial charge on any atom is -0.342 e. The summed E-state index contributed by atoms with van der Waals surface area (Å²) >= 11 is 3.43. The summed E-state index contributed by atoms with van der Waals surface area (Å²) in [6.07, 6.45) is 3.57. The minimum atomic E-state index is 0.297. The van der Waals surface area contributed by atoms with Gasteiger partial charge in [-0.3, -0.25) is 4.79 Å². The Morgan fingerprint density at radius 2 is 2.17 bits per heavy atom. The van der Waals surface area contributed by atoms with Gasteiger partial charge in [-0.15, -0.1) is 23.1 Å². The molecule has 2 heterocycles. The number of rotatable bonds is 5. The lowest BCUT2D eigenvalue weighted by Gasteiger charge is -2.21. The number of carbonyl (C=O) groups is 1. The average molecular weight is 363 g/mol. The third kappa shape index (κ3) is 4.51. The van der Waals surface area contributed by atoms with Gasteiger partial charge in [-0.1, -0.05) is 26.0 Å². The lowest BCUT2D eigenvalue weighted by Crippen LogP contribution is -2.33. The molecule has 1 atom stereocenters. The fourth-order valence-electron chi connectivity index (χ4n) is 3.34. The van der Waals surface area contributed by atoms with Crippen LogP contribution < -0.4 is 0 Å². The number of para-hydroxylation sites is 1. The topological polar surface area (TPSA) is 33.2 Å². The van der Waals surface area contributed by atoms with Crippen LogP contribution in [0.25, 0.3) is 10.2 Å². The van der Waals surface area contributed by atoms with Crippen LogP contribution in [-0.4, -0.2) is 34.6 Å². The number of carbonyl (C=O) groups excluding carboxylic acids is 1. The summed E-state index contributed by atoms with van der Waals surface area (Å²) in [6.45, 7) is 6.47. The van der Waals surface area contributed by atoms with E-state index < -0.39 is 0 Å². The zero-order valence-corrected chi connectivity index (χ0v) is 16.2. The molecule has 1 aromatic heterocycles. The second kappa shape index (κ2) is 8.34. The van der Waals surface area contributed by atoms with Crippen molar-refractivity contribution in [3.05, 3.63) is 29.3 Å². The zero-order valence-electron chi connectivity index (χ0n) is 14.5. The van der Waals surface area contributed by atoms with Crippen LogP contribution >= 0.6 is 23.1 Å². The molecular weight excluding hydrogens is 336 g/mol. The van der Waals surface area contributed by atoms with Crippen LogP contribution in [0.4, 0.5) is 0 Å². The van der Waals surface area contributed by atoms with E-state index in [4.69, 9.17) is 0 Å². The Bertz CT molecular complexity index is 650. The third-order valence-electron chi connectivity index (χ3n) is 4.86. The summed E-state index contributed by atoms with van der Waals surface area (Å²) < 4.78 is 1.23. The highest BCUT2D eigenvalue weighted by Gasteiger charge is 2.22. The number of aromatic nitrogens is 1. The van der Waals surface area contributed by atoms with E-state index in [0.29, 0.717) is 11.7 Å². The summed E-state index contributed by atoms with van der Waals surface area (Å²) in [5.74, 6) is 3.20. The van der Waals surface area contributed by atoms with Crippen molar-refractivity contribution in [2.45, 2.75) is 38.9 Å². The van der Waals surface area contributed by atoms with Gasteiger partial charge in [0, 0.05) is 18.8 Å². The molecule has 1 amide bonds. The van der Waals surface area contributed by atoms with Gasteiger partial charge in [-0.2, -0.15) is 0 Å². The van der Waals surface area contributed by atoms with E-state index >= 15 is 0 Å². The Morgan fingerprint density at radius 1 is 1.33 bits per heavy atom. The first-order valence-corrected chi connectivity index (χ1v) is 10.8. The first kappa shape index (κ1) is 17.7. The summed E-state index contributed by atoms with van der Waals surface area (Å²) in [6, 6.07) is 8.22. The van der Waals surface area contributed by atoms with Crippen LogP contribution in [0.2, 0.25) is 0 Å². The predicted molar refractivity (Wildman–Crippen MR) is 105 cm³/mol. The molecule has 130 valence electrons. The number of thiazole rings is 1. The van der Waals surface area contributed by atoms with Crippen LogP contribution in [-0.2, 0) is 10.5 Å². The van der Waals surface area contributed by atoms with Gasteiger partial charge in [0.2, 0.25) is 5.91 Å². The summed E-state index contributed by atoms with van der Waals surface area (Å²) in [7, 11) is 0. The molecule has 1 aliphatic rings. The maximum atomic E-state index is 12.5. The molecule has 5 heteroatoms. The molecule has 1 fully saturated rings. The quantitative estimate of drug-likeness (QED) is 0.765. The Morgan fingerprint density at radius 3 is 2.96 bits per heavy atom. The first-order chi connectivity index (χ1) is 11.6. The number of likely N-dealkylation sites (tertiary alicyclic amines) is 1. The Labute approximate surface area is 152 Å². The van der Waals surface area contributed by atoms with E-state index in [0.717, 1.165) is 54.0 Å². The molecule has 3 nitrogen and oxygen atoms in total. The number of thioether (sulfide) groups is 1. The molecule has 0 saturated carbocycles. The molecule has 24 heavy (non-hydrogen) atoms. The van der Waals surface area contributed by atoms with E-state index in [9.17, 15) is 4.79 Å².